The molecule has 1 heterocycles. The standard InChI is InChI=1S/C23H20ClNO3S/c24-18-14-20-21(28-13-7-12-27-20)15-19(18)25-23(26)22(16-8-3-1-4-9-16)29-17-10-5-2-6-11-17/h1-6,8-11,14-15,22H,7,12-13H2,(H,25,26). The quantitative estimate of drug-likeness (QED) is 0.511. The molecule has 148 valence electrons. The number of benzene rings is 3. The molecule has 0 aliphatic carbocycles. The van der Waals surface area contributed by atoms with Gasteiger partial charge in [-0.25, -0.2) is 0 Å². The molecule has 1 amide bonds. The van der Waals surface area contributed by atoms with Gasteiger partial charge in [0.1, 0.15) is 5.25 Å². The Bertz CT molecular complexity index is 982. The maximum atomic E-state index is 13.2. The fourth-order valence-electron chi connectivity index (χ4n) is 3.01. The van der Waals surface area contributed by atoms with Gasteiger partial charge in [-0.1, -0.05) is 60.1 Å². The summed E-state index contributed by atoms with van der Waals surface area (Å²) in [7, 11) is 0. The molecule has 3 aromatic rings. The van der Waals surface area contributed by atoms with E-state index in [2.05, 4.69) is 5.32 Å². The molecule has 29 heavy (non-hydrogen) atoms. The molecule has 4 rings (SSSR count). The molecule has 1 N–H and O–H groups in total. The van der Waals surface area contributed by atoms with Crippen molar-refractivity contribution in [1.82, 2.24) is 0 Å². The largest absolute Gasteiger partial charge is 0.490 e. The lowest BCUT2D eigenvalue weighted by atomic mass is 10.1. The number of hydrogen-bond acceptors (Lipinski definition) is 4. The molecule has 1 unspecified atom stereocenters. The molecule has 1 aliphatic rings. The minimum absolute atomic E-state index is 0.151. The van der Waals surface area contributed by atoms with Gasteiger partial charge in [0.2, 0.25) is 5.91 Å². The lowest BCUT2D eigenvalue weighted by Crippen LogP contribution is -2.19. The van der Waals surface area contributed by atoms with E-state index in [4.69, 9.17) is 21.1 Å². The smallest absolute Gasteiger partial charge is 0.242 e. The average Bonchev–Trinajstić information content (AvgIpc) is 2.98. The number of nitrogens with one attached hydrogen (secondary N) is 1. The van der Waals surface area contributed by atoms with Crippen LogP contribution in [0.4, 0.5) is 5.69 Å². The fraction of sp³-hybridized carbons (Fsp3) is 0.174. The summed E-state index contributed by atoms with van der Waals surface area (Å²) >= 11 is 7.91. The molecule has 0 bridgehead atoms. The number of rotatable bonds is 5. The summed E-state index contributed by atoms with van der Waals surface area (Å²) < 4.78 is 11.4. The second-order valence-electron chi connectivity index (χ2n) is 6.54. The molecule has 1 aliphatic heterocycles. The fourth-order valence-corrected chi connectivity index (χ4v) is 4.26. The number of hydrogen-bond donors (Lipinski definition) is 1. The first kappa shape index (κ1) is 19.7. The number of amides is 1. The zero-order valence-electron chi connectivity index (χ0n) is 15.6. The Morgan fingerprint density at radius 1 is 0.931 bits per heavy atom. The molecule has 0 saturated carbocycles. The zero-order chi connectivity index (χ0) is 20.1. The van der Waals surface area contributed by atoms with Crippen LogP contribution in [0.25, 0.3) is 0 Å². The second-order valence-corrected chi connectivity index (χ2v) is 8.13. The predicted octanol–water partition coefficient (Wildman–Crippen LogP) is 5.97. The summed E-state index contributed by atoms with van der Waals surface area (Å²) in [4.78, 5) is 14.3. The Morgan fingerprint density at radius 2 is 1.55 bits per heavy atom. The van der Waals surface area contributed by atoms with Crippen LogP contribution in [-0.2, 0) is 4.79 Å². The average molecular weight is 426 g/mol. The van der Waals surface area contributed by atoms with Crippen LogP contribution >= 0.6 is 23.4 Å². The molecule has 1 atom stereocenters. The maximum Gasteiger partial charge on any atom is 0.242 e. The van der Waals surface area contributed by atoms with Crippen LogP contribution in [0.15, 0.2) is 77.7 Å². The predicted molar refractivity (Wildman–Crippen MR) is 117 cm³/mol. The van der Waals surface area contributed by atoms with Crippen molar-refractivity contribution in [3.05, 3.63) is 83.4 Å². The third kappa shape index (κ3) is 4.86. The summed E-state index contributed by atoms with van der Waals surface area (Å²) in [6, 6.07) is 23.0. The van der Waals surface area contributed by atoms with Crippen LogP contribution in [0.2, 0.25) is 5.02 Å². The van der Waals surface area contributed by atoms with Gasteiger partial charge in [0, 0.05) is 23.4 Å². The molecule has 0 aromatic heterocycles. The summed E-state index contributed by atoms with van der Waals surface area (Å²) in [6.07, 6.45) is 0.803. The number of carbonyl (C=O) groups excluding carboxylic acids is 1. The van der Waals surface area contributed by atoms with E-state index in [0.29, 0.717) is 35.4 Å². The van der Waals surface area contributed by atoms with Crippen molar-refractivity contribution >= 4 is 35.0 Å². The highest BCUT2D eigenvalue weighted by molar-refractivity contribution is 8.00. The van der Waals surface area contributed by atoms with E-state index in [1.165, 1.54) is 11.8 Å². The van der Waals surface area contributed by atoms with Crippen molar-refractivity contribution in [3.63, 3.8) is 0 Å². The minimum Gasteiger partial charge on any atom is -0.490 e. The molecule has 3 aromatic carbocycles. The number of ether oxygens (including phenoxy) is 2. The molecule has 0 fully saturated rings. The molecule has 0 saturated heterocycles. The number of halogens is 1. The monoisotopic (exact) mass is 425 g/mol. The van der Waals surface area contributed by atoms with E-state index in [-0.39, 0.29) is 5.91 Å². The van der Waals surface area contributed by atoms with Crippen LogP contribution < -0.4 is 14.8 Å². The van der Waals surface area contributed by atoms with Crippen LogP contribution in [0.5, 0.6) is 11.5 Å². The molecule has 0 spiro atoms. The Morgan fingerprint density at radius 3 is 2.24 bits per heavy atom. The van der Waals surface area contributed by atoms with E-state index in [0.717, 1.165) is 16.9 Å². The van der Waals surface area contributed by atoms with E-state index in [1.54, 1.807) is 12.1 Å². The highest BCUT2D eigenvalue weighted by Crippen LogP contribution is 2.40. The number of thioether (sulfide) groups is 1. The normalized spacial score (nSPS) is 14.0. The molecule has 4 nitrogen and oxygen atoms in total. The number of anilines is 1. The van der Waals surface area contributed by atoms with Crippen molar-refractivity contribution < 1.29 is 14.3 Å². The van der Waals surface area contributed by atoms with Crippen molar-refractivity contribution in [3.8, 4) is 11.5 Å². The zero-order valence-corrected chi connectivity index (χ0v) is 17.2. The van der Waals surface area contributed by atoms with Gasteiger partial charge in [-0.2, -0.15) is 0 Å². The van der Waals surface area contributed by atoms with Gasteiger partial charge < -0.3 is 14.8 Å². The van der Waals surface area contributed by atoms with Gasteiger partial charge in [0.05, 0.1) is 23.9 Å². The topological polar surface area (TPSA) is 47.6 Å². The Labute approximate surface area is 179 Å². The summed E-state index contributed by atoms with van der Waals surface area (Å²) in [5.74, 6) is 1.04. The highest BCUT2D eigenvalue weighted by Gasteiger charge is 2.24. The van der Waals surface area contributed by atoms with Crippen molar-refractivity contribution in [2.45, 2.75) is 16.6 Å². The van der Waals surface area contributed by atoms with Gasteiger partial charge in [0.25, 0.3) is 0 Å². The molecule has 6 heteroatoms. The third-order valence-corrected chi connectivity index (χ3v) is 6.01. The van der Waals surface area contributed by atoms with E-state index < -0.39 is 5.25 Å². The van der Waals surface area contributed by atoms with Gasteiger partial charge in [-0.3, -0.25) is 4.79 Å². The lowest BCUT2D eigenvalue weighted by molar-refractivity contribution is -0.115. The Balaban J connectivity index is 1.60. The van der Waals surface area contributed by atoms with Gasteiger partial charge in [-0.15, -0.1) is 11.8 Å². The van der Waals surface area contributed by atoms with Crippen LogP contribution in [0.1, 0.15) is 17.2 Å². The van der Waals surface area contributed by atoms with E-state index in [1.807, 2.05) is 60.7 Å². The van der Waals surface area contributed by atoms with Crippen LogP contribution in [0.3, 0.4) is 0 Å². The van der Waals surface area contributed by atoms with Crippen molar-refractivity contribution in [2.75, 3.05) is 18.5 Å². The minimum atomic E-state index is -0.425. The highest BCUT2D eigenvalue weighted by atomic mass is 35.5. The third-order valence-electron chi connectivity index (χ3n) is 4.43. The Hall–Kier alpha value is -2.63. The van der Waals surface area contributed by atoms with Crippen LogP contribution in [-0.4, -0.2) is 19.1 Å². The first-order valence-corrected chi connectivity index (χ1v) is 10.6. The SMILES string of the molecule is O=C(Nc1cc2c(cc1Cl)OCCCO2)C(Sc1ccccc1)c1ccccc1. The first-order chi connectivity index (χ1) is 14.2. The molecular weight excluding hydrogens is 406 g/mol. The van der Waals surface area contributed by atoms with E-state index in [9.17, 15) is 4.79 Å². The summed E-state index contributed by atoms with van der Waals surface area (Å²) in [5, 5.41) is 2.96. The van der Waals surface area contributed by atoms with Crippen molar-refractivity contribution in [1.29, 1.82) is 0 Å². The van der Waals surface area contributed by atoms with Gasteiger partial charge in [-0.05, 0) is 17.7 Å². The molecule has 0 radical (unpaired) electrons. The van der Waals surface area contributed by atoms with Gasteiger partial charge in [0.15, 0.2) is 11.5 Å². The number of fused-ring (bicyclic) bond motifs is 1. The maximum absolute atomic E-state index is 13.2. The molecular formula is C23H20ClNO3S. The number of carbonyl (C=O) groups is 1. The second kappa shape index (κ2) is 9.25. The van der Waals surface area contributed by atoms with Crippen LogP contribution in [0, 0.1) is 0 Å². The first-order valence-electron chi connectivity index (χ1n) is 9.37. The lowest BCUT2D eigenvalue weighted by Gasteiger charge is -2.18. The summed E-state index contributed by atoms with van der Waals surface area (Å²) in [5.41, 5.74) is 1.43. The Kier molecular flexibility index (Phi) is 6.27. The van der Waals surface area contributed by atoms with E-state index >= 15 is 0 Å². The van der Waals surface area contributed by atoms with Crippen molar-refractivity contribution in [2.24, 2.45) is 0 Å². The summed E-state index contributed by atoms with van der Waals surface area (Å²) in [6.45, 7) is 1.15. The van der Waals surface area contributed by atoms with Gasteiger partial charge >= 0.3 is 0 Å².